The van der Waals surface area contributed by atoms with E-state index >= 15 is 0 Å². The predicted octanol–water partition coefficient (Wildman–Crippen LogP) is 2.57. The average Bonchev–Trinajstić information content (AvgIpc) is 2.61. The zero-order valence-corrected chi connectivity index (χ0v) is 11.8. The second kappa shape index (κ2) is 4.85. The van der Waals surface area contributed by atoms with Crippen LogP contribution in [0.1, 0.15) is 42.9 Å². The van der Waals surface area contributed by atoms with Gasteiger partial charge in [0.05, 0.1) is 10.9 Å². The molecular weight excluding hydrogens is 252 g/mol. The van der Waals surface area contributed by atoms with Gasteiger partial charge in [-0.2, -0.15) is 0 Å². The highest BCUT2D eigenvalue weighted by atomic mass is 16.1. The monoisotopic (exact) mass is 270 g/mol. The van der Waals surface area contributed by atoms with Crippen molar-refractivity contribution in [2.45, 2.75) is 39.7 Å². The lowest BCUT2D eigenvalue weighted by molar-refractivity contribution is 0.101. The van der Waals surface area contributed by atoms with E-state index in [1.165, 1.54) is 6.92 Å². The molecule has 0 radical (unpaired) electrons. The van der Waals surface area contributed by atoms with Gasteiger partial charge in [-0.15, -0.1) is 0 Å². The van der Waals surface area contributed by atoms with Crippen LogP contribution in [0, 0.1) is 5.92 Å². The van der Waals surface area contributed by atoms with E-state index in [9.17, 15) is 9.59 Å². The predicted molar refractivity (Wildman–Crippen MR) is 78.1 cm³/mol. The molecule has 0 N–H and O–H groups in total. The number of fused-ring (bicyclic) bond motifs is 2. The van der Waals surface area contributed by atoms with Gasteiger partial charge in [0.1, 0.15) is 5.82 Å². The Hall–Kier alpha value is -1.97. The molecule has 1 aromatic carbocycles. The molecule has 0 bridgehead atoms. The lowest BCUT2D eigenvalue weighted by atomic mass is 10.0. The molecule has 3 rings (SSSR count). The first kappa shape index (κ1) is 13.0. The van der Waals surface area contributed by atoms with E-state index in [-0.39, 0.29) is 11.3 Å². The highest BCUT2D eigenvalue weighted by molar-refractivity contribution is 5.97. The first-order valence-electron chi connectivity index (χ1n) is 7.10. The lowest BCUT2D eigenvalue weighted by Gasteiger charge is -2.10. The molecule has 1 unspecified atom stereocenters. The number of hydrogen-bond acceptors (Lipinski definition) is 3. The smallest absolute Gasteiger partial charge is 0.261 e. The number of aryl methyl sites for hydroxylation is 1. The second-order valence-electron chi connectivity index (χ2n) is 5.71. The van der Waals surface area contributed by atoms with Crippen LogP contribution >= 0.6 is 0 Å². The van der Waals surface area contributed by atoms with Crippen molar-refractivity contribution in [2.75, 3.05) is 0 Å². The Kier molecular flexibility index (Phi) is 3.16. The molecule has 2 aromatic rings. The highest BCUT2D eigenvalue weighted by Gasteiger charge is 2.17. The van der Waals surface area contributed by atoms with E-state index in [2.05, 4.69) is 11.9 Å². The van der Waals surface area contributed by atoms with Crippen LogP contribution in [-0.4, -0.2) is 15.3 Å². The van der Waals surface area contributed by atoms with Crippen molar-refractivity contribution < 1.29 is 4.79 Å². The molecule has 20 heavy (non-hydrogen) atoms. The summed E-state index contributed by atoms with van der Waals surface area (Å²) in [5.74, 6) is 1.47. The second-order valence-corrected chi connectivity index (χ2v) is 5.71. The Labute approximate surface area is 117 Å². The lowest BCUT2D eigenvalue weighted by Crippen LogP contribution is -2.24. The van der Waals surface area contributed by atoms with Crippen LogP contribution in [0.4, 0.5) is 0 Å². The molecule has 2 heterocycles. The molecule has 1 aliphatic rings. The van der Waals surface area contributed by atoms with Gasteiger partial charge >= 0.3 is 0 Å². The van der Waals surface area contributed by atoms with Gasteiger partial charge in [0, 0.05) is 18.5 Å². The van der Waals surface area contributed by atoms with Crippen LogP contribution in [0.3, 0.4) is 0 Å². The van der Waals surface area contributed by atoms with Gasteiger partial charge in [-0.25, -0.2) is 4.98 Å². The Morgan fingerprint density at radius 1 is 1.35 bits per heavy atom. The summed E-state index contributed by atoms with van der Waals surface area (Å²) in [4.78, 5) is 28.6. The van der Waals surface area contributed by atoms with E-state index in [0.29, 0.717) is 22.4 Å². The molecule has 0 spiro atoms. The van der Waals surface area contributed by atoms with Crippen molar-refractivity contribution in [1.82, 2.24) is 9.55 Å². The zero-order chi connectivity index (χ0) is 14.3. The van der Waals surface area contributed by atoms with Crippen molar-refractivity contribution in [2.24, 2.45) is 5.92 Å². The molecule has 4 heteroatoms. The van der Waals surface area contributed by atoms with Crippen LogP contribution in [0.15, 0.2) is 23.0 Å². The third-order valence-corrected chi connectivity index (χ3v) is 4.15. The maximum atomic E-state index is 12.6. The Bertz CT molecular complexity index is 746. The summed E-state index contributed by atoms with van der Waals surface area (Å²) in [7, 11) is 0. The van der Waals surface area contributed by atoms with Crippen LogP contribution in [-0.2, 0) is 13.0 Å². The Balaban J connectivity index is 2.22. The number of benzene rings is 1. The number of hydrogen-bond donors (Lipinski definition) is 0. The van der Waals surface area contributed by atoms with Gasteiger partial charge in [0.25, 0.3) is 5.56 Å². The van der Waals surface area contributed by atoms with Crippen LogP contribution in [0.5, 0.6) is 0 Å². The van der Waals surface area contributed by atoms with Crippen molar-refractivity contribution in [3.8, 4) is 0 Å². The summed E-state index contributed by atoms with van der Waals surface area (Å²) >= 11 is 0. The molecule has 0 saturated heterocycles. The van der Waals surface area contributed by atoms with Crippen LogP contribution < -0.4 is 5.56 Å². The molecule has 0 amide bonds. The first-order valence-corrected chi connectivity index (χ1v) is 7.10. The van der Waals surface area contributed by atoms with Crippen LogP contribution in [0.2, 0.25) is 0 Å². The molecule has 1 aromatic heterocycles. The minimum absolute atomic E-state index is 0.00244. The Morgan fingerprint density at radius 2 is 2.15 bits per heavy atom. The minimum Gasteiger partial charge on any atom is -0.296 e. The summed E-state index contributed by atoms with van der Waals surface area (Å²) in [6, 6.07) is 5.16. The zero-order valence-electron chi connectivity index (χ0n) is 11.8. The molecule has 0 aliphatic carbocycles. The number of carbonyl (C=O) groups excluding carboxylic acids is 1. The standard InChI is InChI=1S/C16H18N2O2/c1-10-3-6-15-17-14-9-12(11(2)19)4-5-13(14)16(20)18(15)8-7-10/h4-5,9-10H,3,6-8H2,1-2H3. The topological polar surface area (TPSA) is 52.0 Å². The average molecular weight is 270 g/mol. The number of ketones is 1. The first-order chi connectivity index (χ1) is 9.56. The van der Waals surface area contributed by atoms with Crippen molar-refractivity contribution >= 4 is 16.7 Å². The SMILES string of the molecule is CC(=O)c1ccc2c(=O)n3c(nc2c1)CCC(C)CC3. The van der Waals surface area contributed by atoms with Gasteiger partial charge in [-0.05, 0) is 37.8 Å². The quantitative estimate of drug-likeness (QED) is 0.748. The van der Waals surface area contributed by atoms with Crippen molar-refractivity contribution in [3.63, 3.8) is 0 Å². The third kappa shape index (κ3) is 2.15. The van der Waals surface area contributed by atoms with Gasteiger partial charge < -0.3 is 0 Å². The largest absolute Gasteiger partial charge is 0.296 e. The molecule has 0 saturated carbocycles. The highest BCUT2D eigenvalue weighted by Crippen LogP contribution is 2.19. The van der Waals surface area contributed by atoms with E-state index in [0.717, 1.165) is 31.6 Å². The van der Waals surface area contributed by atoms with E-state index in [1.54, 1.807) is 22.8 Å². The van der Waals surface area contributed by atoms with Crippen molar-refractivity contribution in [3.05, 3.63) is 39.9 Å². The third-order valence-electron chi connectivity index (χ3n) is 4.15. The summed E-state index contributed by atoms with van der Waals surface area (Å²) in [6.07, 6.45) is 2.91. The molecule has 1 atom stereocenters. The minimum atomic E-state index is -0.00244. The fourth-order valence-corrected chi connectivity index (χ4v) is 2.78. The van der Waals surface area contributed by atoms with Crippen molar-refractivity contribution in [1.29, 1.82) is 0 Å². The van der Waals surface area contributed by atoms with E-state index in [4.69, 9.17) is 0 Å². The number of nitrogens with zero attached hydrogens (tertiary/aromatic N) is 2. The van der Waals surface area contributed by atoms with Gasteiger partial charge in [-0.1, -0.05) is 13.0 Å². The number of Topliss-reactive ketones (excluding diaryl/α,β-unsaturated/α-hetero) is 1. The summed E-state index contributed by atoms with van der Waals surface area (Å²) < 4.78 is 1.80. The fraction of sp³-hybridized carbons (Fsp3) is 0.438. The maximum Gasteiger partial charge on any atom is 0.261 e. The number of rotatable bonds is 1. The number of aromatic nitrogens is 2. The van der Waals surface area contributed by atoms with Gasteiger partial charge in [0.15, 0.2) is 5.78 Å². The summed E-state index contributed by atoms with van der Waals surface area (Å²) in [5.41, 5.74) is 1.27. The fourth-order valence-electron chi connectivity index (χ4n) is 2.78. The molecular formula is C16H18N2O2. The molecule has 104 valence electrons. The molecule has 0 fully saturated rings. The maximum absolute atomic E-state index is 12.6. The molecule has 1 aliphatic heterocycles. The van der Waals surface area contributed by atoms with E-state index in [1.807, 2.05) is 0 Å². The van der Waals surface area contributed by atoms with Crippen LogP contribution in [0.25, 0.3) is 10.9 Å². The summed E-state index contributed by atoms with van der Waals surface area (Å²) in [6.45, 7) is 4.48. The van der Waals surface area contributed by atoms with E-state index < -0.39 is 0 Å². The molecule has 4 nitrogen and oxygen atoms in total. The van der Waals surface area contributed by atoms with Gasteiger partial charge in [-0.3, -0.25) is 14.2 Å². The normalized spacial score (nSPS) is 18.6. The number of carbonyl (C=O) groups is 1. The van der Waals surface area contributed by atoms with Gasteiger partial charge in [0.2, 0.25) is 0 Å². The Morgan fingerprint density at radius 3 is 2.90 bits per heavy atom. The summed E-state index contributed by atoms with van der Waals surface area (Å²) in [5, 5.41) is 0.605.